The van der Waals surface area contributed by atoms with E-state index in [1.807, 2.05) is 0 Å². The van der Waals surface area contributed by atoms with Crippen LogP contribution in [0.25, 0.3) is 6.08 Å². The first-order chi connectivity index (χ1) is 10.1. The van der Waals surface area contributed by atoms with Crippen LogP contribution < -0.4 is 0 Å². The summed E-state index contributed by atoms with van der Waals surface area (Å²) in [6.07, 6.45) is 7.57. The van der Waals surface area contributed by atoms with Crippen LogP contribution in [0, 0.1) is 11.8 Å². The molecule has 1 heterocycles. The third-order valence-electron chi connectivity index (χ3n) is 2.81. The summed E-state index contributed by atoms with van der Waals surface area (Å²) in [4.78, 5) is 21.6. The van der Waals surface area contributed by atoms with Gasteiger partial charge in [0.05, 0.1) is 11.8 Å². The number of hydrogen-bond donors (Lipinski definition) is 2. The van der Waals surface area contributed by atoms with Gasteiger partial charge in [-0.2, -0.15) is 0 Å². The first-order valence-electron chi connectivity index (χ1n) is 6.81. The highest BCUT2D eigenvalue weighted by molar-refractivity contribution is 6.16. The van der Waals surface area contributed by atoms with Crippen molar-refractivity contribution in [3.05, 3.63) is 29.2 Å². The Bertz CT molecular complexity index is 567. The van der Waals surface area contributed by atoms with E-state index in [1.54, 1.807) is 6.07 Å². The number of unbranched alkanes of at least 4 members (excludes halogenated alkanes) is 4. The predicted molar refractivity (Wildman–Crippen MR) is 77.6 cm³/mol. The van der Waals surface area contributed by atoms with Crippen LogP contribution in [0.2, 0.25) is 0 Å². The lowest BCUT2D eigenvalue weighted by Crippen LogP contribution is -2.10. The molecule has 0 saturated heterocycles. The second-order valence-electron chi connectivity index (χ2n) is 4.48. The molecular formula is C16H18O5. The quantitative estimate of drug-likeness (QED) is 0.265. The number of carbonyl (C=O) groups is 2. The average Bonchev–Trinajstić information content (AvgIpc) is 2.86. The molecule has 0 aliphatic heterocycles. The van der Waals surface area contributed by atoms with Gasteiger partial charge in [0, 0.05) is 12.5 Å². The van der Waals surface area contributed by atoms with Crippen molar-refractivity contribution < 1.29 is 24.2 Å². The van der Waals surface area contributed by atoms with Gasteiger partial charge in [-0.05, 0) is 12.5 Å². The molecule has 0 aliphatic carbocycles. The lowest BCUT2D eigenvalue weighted by molar-refractivity contribution is -0.140. The molecule has 21 heavy (non-hydrogen) atoms. The molecule has 0 atom stereocenters. The number of rotatable bonds is 7. The highest BCUT2D eigenvalue weighted by Gasteiger charge is 2.17. The number of furan rings is 1. The standard InChI is InChI=1S/C16H18O5/c1-2-3-4-5-6-7-8-12-9-10-21-14(12)11-13(15(17)18)16(19)20/h9-11H,2-6H2,1H3,(H,17,18)(H,19,20). The van der Waals surface area contributed by atoms with Gasteiger partial charge in [-0.3, -0.25) is 0 Å². The van der Waals surface area contributed by atoms with E-state index in [2.05, 4.69) is 18.8 Å². The molecule has 1 aromatic heterocycles. The summed E-state index contributed by atoms with van der Waals surface area (Å²) in [5.74, 6) is 2.98. The molecule has 112 valence electrons. The maximum Gasteiger partial charge on any atom is 0.343 e. The largest absolute Gasteiger partial charge is 0.477 e. The molecule has 0 amide bonds. The van der Waals surface area contributed by atoms with Crippen LogP contribution in [0.3, 0.4) is 0 Å². The van der Waals surface area contributed by atoms with Gasteiger partial charge in [-0.1, -0.05) is 38.0 Å². The van der Waals surface area contributed by atoms with E-state index >= 15 is 0 Å². The SMILES string of the molecule is CCCCCCC#Cc1ccoc1C=C(C(=O)O)C(=O)O. The highest BCUT2D eigenvalue weighted by atomic mass is 16.4. The van der Waals surface area contributed by atoms with E-state index in [4.69, 9.17) is 14.6 Å². The molecule has 2 N–H and O–H groups in total. The Hall–Kier alpha value is -2.48. The molecule has 0 bridgehead atoms. The van der Waals surface area contributed by atoms with Crippen molar-refractivity contribution in [1.29, 1.82) is 0 Å². The molecule has 5 heteroatoms. The number of carboxylic acid groups (broad SMARTS) is 2. The van der Waals surface area contributed by atoms with Crippen LogP contribution in [-0.4, -0.2) is 22.2 Å². The molecule has 0 radical (unpaired) electrons. The second-order valence-corrected chi connectivity index (χ2v) is 4.48. The van der Waals surface area contributed by atoms with Crippen LogP contribution >= 0.6 is 0 Å². The smallest absolute Gasteiger partial charge is 0.343 e. The Morgan fingerprint density at radius 2 is 1.95 bits per heavy atom. The number of hydrogen-bond acceptors (Lipinski definition) is 3. The summed E-state index contributed by atoms with van der Waals surface area (Å²) in [5, 5.41) is 17.6. The molecule has 1 rings (SSSR count). The van der Waals surface area contributed by atoms with Gasteiger partial charge < -0.3 is 14.6 Å². The third kappa shape index (κ3) is 5.57. The first kappa shape index (κ1) is 16.6. The second kappa shape index (κ2) is 8.64. The summed E-state index contributed by atoms with van der Waals surface area (Å²) in [5.41, 5.74) is -0.263. The van der Waals surface area contributed by atoms with Crippen LogP contribution in [0.1, 0.15) is 50.4 Å². The summed E-state index contributed by atoms with van der Waals surface area (Å²) in [7, 11) is 0. The Balaban J connectivity index is 2.78. The fourth-order valence-electron chi connectivity index (χ4n) is 1.68. The fraction of sp³-hybridized carbons (Fsp3) is 0.375. The van der Waals surface area contributed by atoms with Crippen molar-refractivity contribution in [2.75, 3.05) is 0 Å². The minimum atomic E-state index is -1.52. The maximum atomic E-state index is 10.8. The zero-order valence-corrected chi connectivity index (χ0v) is 11.9. The van der Waals surface area contributed by atoms with E-state index in [0.29, 0.717) is 5.56 Å². The van der Waals surface area contributed by atoms with Gasteiger partial charge in [-0.25, -0.2) is 9.59 Å². The van der Waals surface area contributed by atoms with Gasteiger partial charge in [0.2, 0.25) is 0 Å². The summed E-state index contributed by atoms with van der Waals surface area (Å²) in [6, 6.07) is 1.59. The van der Waals surface area contributed by atoms with E-state index in [1.165, 1.54) is 12.7 Å². The Morgan fingerprint density at radius 1 is 1.24 bits per heavy atom. The Kier molecular flexibility index (Phi) is 6.82. The lowest BCUT2D eigenvalue weighted by atomic mass is 10.1. The predicted octanol–water partition coefficient (Wildman–Crippen LogP) is 3.15. The van der Waals surface area contributed by atoms with E-state index < -0.39 is 17.5 Å². The minimum Gasteiger partial charge on any atom is -0.477 e. The fourth-order valence-corrected chi connectivity index (χ4v) is 1.68. The van der Waals surface area contributed by atoms with Gasteiger partial charge in [-0.15, -0.1) is 0 Å². The van der Waals surface area contributed by atoms with E-state index in [-0.39, 0.29) is 5.76 Å². The topological polar surface area (TPSA) is 87.7 Å². The minimum absolute atomic E-state index is 0.149. The monoisotopic (exact) mass is 290 g/mol. The van der Waals surface area contributed by atoms with E-state index in [0.717, 1.165) is 31.8 Å². The van der Waals surface area contributed by atoms with Gasteiger partial charge in [0.1, 0.15) is 11.3 Å². The van der Waals surface area contributed by atoms with Crippen LogP contribution in [-0.2, 0) is 9.59 Å². The summed E-state index contributed by atoms with van der Waals surface area (Å²) < 4.78 is 5.09. The molecule has 5 nitrogen and oxygen atoms in total. The Labute approximate surface area is 123 Å². The normalized spacial score (nSPS) is 9.57. The molecule has 0 saturated carbocycles. The van der Waals surface area contributed by atoms with Crippen LogP contribution in [0.15, 0.2) is 22.3 Å². The highest BCUT2D eigenvalue weighted by Crippen LogP contribution is 2.14. The molecule has 0 aliphatic rings. The molecule has 1 aromatic rings. The third-order valence-corrected chi connectivity index (χ3v) is 2.81. The van der Waals surface area contributed by atoms with Crippen LogP contribution in [0.4, 0.5) is 0 Å². The van der Waals surface area contributed by atoms with Crippen molar-refractivity contribution in [3.63, 3.8) is 0 Å². The maximum absolute atomic E-state index is 10.8. The molecule has 0 fully saturated rings. The van der Waals surface area contributed by atoms with E-state index in [9.17, 15) is 9.59 Å². The van der Waals surface area contributed by atoms with Gasteiger partial charge >= 0.3 is 11.9 Å². The average molecular weight is 290 g/mol. The number of carboxylic acids is 2. The molecule has 0 unspecified atom stereocenters. The zero-order chi connectivity index (χ0) is 15.7. The van der Waals surface area contributed by atoms with Crippen molar-refractivity contribution in [1.82, 2.24) is 0 Å². The summed E-state index contributed by atoms with van der Waals surface area (Å²) >= 11 is 0. The van der Waals surface area contributed by atoms with Crippen molar-refractivity contribution in [2.45, 2.75) is 39.0 Å². The Morgan fingerprint density at radius 3 is 2.57 bits per heavy atom. The van der Waals surface area contributed by atoms with Crippen molar-refractivity contribution in [3.8, 4) is 11.8 Å². The summed E-state index contributed by atoms with van der Waals surface area (Å²) in [6.45, 7) is 2.14. The molecule has 0 spiro atoms. The molecule has 0 aromatic carbocycles. The number of aliphatic carboxylic acids is 2. The van der Waals surface area contributed by atoms with Crippen molar-refractivity contribution in [2.24, 2.45) is 0 Å². The zero-order valence-electron chi connectivity index (χ0n) is 11.9. The molecular weight excluding hydrogens is 272 g/mol. The van der Waals surface area contributed by atoms with Gasteiger partial charge in [0.15, 0.2) is 0 Å². The van der Waals surface area contributed by atoms with Crippen LogP contribution in [0.5, 0.6) is 0 Å². The lowest BCUT2D eigenvalue weighted by Gasteiger charge is -1.95. The van der Waals surface area contributed by atoms with Crippen molar-refractivity contribution >= 4 is 18.0 Å². The first-order valence-corrected chi connectivity index (χ1v) is 6.81. The van der Waals surface area contributed by atoms with Gasteiger partial charge in [0.25, 0.3) is 0 Å².